The molecule has 0 heterocycles. The first-order valence-corrected chi connectivity index (χ1v) is 6.42. The van der Waals surface area contributed by atoms with Crippen LogP contribution >= 0.6 is 0 Å². The summed E-state index contributed by atoms with van der Waals surface area (Å²) < 4.78 is 0. The number of benzene rings is 1. The molecule has 2 unspecified atom stereocenters. The van der Waals surface area contributed by atoms with Crippen molar-refractivity contribution in [3.8, 4) is 0 Å². The van der Waals surface area contributed by atoms with E-state index in [0.717, 1.165) is 18.7 Å². The first kappa shape index (κ1) is 12.2. The van der Waals surface area contributed by atoms with Crippen LogP contribution in [0.5, 0.6) is 0 Å². The summed E-state index contributed by atoms with van der Waals surface area (Å²) in [5.74, 6) is 1.13. The summed E-state index contributed by atoms with van der Waals surface area (Å²) in [6, 6.07) is 6.34. The Labute approximate surface area is 104 Å². The minimum atomic E-state index is 0.260. The fourth-order valence-electron chi connectivity index (χ4n) is 2.44. The van der Waals surface area contributed by atoms with Gasteiger partial charge in [0, 0.05) is 18.2 Å². The molecule has 0 saturated heterocycles. The lowest BCUT2D eigenvalue weighted by atomic mass is 10.1. The second-order valence-electron chi connectivity index (χ2n) is 5.25. The van der Waals surface area contributed by atoms with E-state index in [1.165, 1.54) is 11.1 Å². The van der Waals surface area contributed by atoms with E-state index in [9.17, 15) is 4.79 Å². The van der Waals surface area contributed by atoms with Gasteiger partial charge in [0.05, 0.1) is 0 Å². The molecule has 2 rings (SSSR count). The largest absolute Gasteiger partial charge is 0.312 e. The number of amides is 1. The molecule has 1 aliphatic rings. The number of hydrogen-bond acceptors (Lipinski definition) is 1. The van der Waals surface area contributed by atoms with Crippen LogP contribution < -0.4 is 4.90 Å². The molecule has 0 aliphatic heterocycles. The van der Waals surface area contributed by atoms with Crippen LogP contribution in [0.3, 0.4) is 0 Å². The highest BCUT2D eigenvalue weighted by molar-refractivity contribution is 5.96. The zero-order chi connectivity index (χ0) is 12.6. The predicted molar refractivity (Wildman–Crippen MR) is 71.2 cm³/mol. The highest BCUT2D eigenvalue weighted by atomic mass is 16.2. The van der Waals surface area contributed by atoms with E-state index < -0.39 is 0 Å². The van der Waals surface area contributed by atoms with Gasteiger partial charge in [0.15, 0.2) is 0 Å². The Morgan fingerprint density at radius 1 is 1.29 bits per heavy atom. The zero-order valence-electron chi connectivity index (χ0n) is 11.2. The first-order valence-electron chi connectivity index (χ1n) is 6.42. The third kappa shape index (κ3) is 2.51. The van der Waals surface area contributed by atoms with E-state index in [2.05, 4.69) is 39.0 Å². The molecule has 92 valence electrons. The van der Waals surface area contributed by atoms with Crippen molar-refractivity contribution in [3.05, 3.63) is 29.3 Å². The monoisotopic (exact) mass is 231 g/mol. The number of hydrogen-bond donors (Lipinski definition) is 0. The van der Waals surface area contributed by atoms with Crippen molar-refractivity contribution in [1.29, 1.82) is 0 Å². The SMILES string of the molecule is CCN(C(=O)C1CC1C)c1cc(C)cc(C)c1. The van der Waals surface area contributed by atoms with E-state index in [-0.39, 0.29) is 5.92 Å². The van der Waals surface area contributed by atoms with Gasteiger partial charge >= 0.3 is 0 Å². The molecule has 0 spiro atoms. The van der Waals surface area contributed by atoms with Gasteiger partial charge in [0.2, 0.25) is 5.91 Å². The third-order valence-electron chi connectivity index (χ3n) is 3.53. The van der Waals surface area contributed by atoms with Gasteiger partial charge in [-0.05, 0) is 56.4 Å². The Balaban J connectivity index is 2.25. The van der Waals surface area contributed by atoms with Crippen molar-refractivity contribution >= 4 is 11.6 Å². The summed E-state index contributed by atoms with van der Waals surface area (Å²) in [6.07, 6.45) is 1.06. The van der Waals surface area contributed by atoms with Crippen molar-refractivity contribution in [2.75, 3.05) is 11.4 Å². The first-order chi connectivity index (χ1) is 8.02. The van der Waals surface area contributed by atoms with Gasteiger partial charge in [-0.15, -0.1) is 0 Å². The average Bonchev–Trinajstić information content (AvgIpc) is 2.95. The maximum atomic E-state index is 12.3. The Bertz CT molecular complexity index is 418. The summed E-state index contributed by atoms with van der Waals surface area (Å²) >= 11 is 0. The Morgan fingerprint density at radius 3 is 2.24 bits per heavy atom. The standard InChI is InChI=1S/C15H21NO/c1-5-16(15(17)14-9-12(14)4)13-7-10(2)6-11(3)8-13/h6-8,12,14H,5,9H2,1-4H3. The molecule has 0 radical (unpaired) electrons. The van der Waals surface area contributed by atoms with Crippen molar-refractivity contribution in [2.24, 2.45) is 11.8 Å². The van der Waals surface area contributed by atoms with E-state index in [0.29, 0.717) is 11.8 Å². The van der Waals surface area contributed by atoms with Crippen molar-refractivity contribution in [2.45, 2.75) is 34.1 Å². The van der Waals surface area contributed by atoms with Crippen LogP contribution in [-0.2, 0) is 4.79 Å². The van der Waals surface area contributed by atoms with Crippen molar-refractivity contribution in [3.63, 3.8) is 0 Å². The van der Waals surface area contributed by atoms with Gasteiger partial charge in [-0.1, -0.05) is 13.0 Å². The normalized spacial score (nSPS) is 22.4. The zero-order valence-corrected chi connectivity index (χ0v) is 11.2. The highest BCUT2D eigenvalue weighted by Gasteiger charge is 2.41. The van der Waals surface area contributed by atoms with Crippen molar-refractivity contribution < 1.29 is 4.79 Å². The molecule has 2 heteroatoms. The summed E-state index contributed by atoms with van der Waals surface area (Å²) in [4.78, 5) is 14.2. The quantitative estimate of drug-likeness (QED) is 0.781. The molecule has 0 bridgehead atoms. The van der Waals surface area contributed by atoms with Crippen LogP contribution in [0.25, 0.3) is 0 Å². The Morgan fingerprint density at radius 2 is 1.82 bits per heavy atom. The number of anilines is 1. The average molecular weight is 231 g/mol. The fraction of sp³-hybridized carbons (Fsp3) is 0.533. The van der Waals surface area contributed by atoms with Gasteiger partial charge in [-0.25, -0.2) is 0 Å². The molecule has 17 heavy (non-hydrogen) atoms. The van der Waals surface area contributed by atoms with Crippen LogP contribution in [0.1, 0.15) is 31.4 Å². The second kappa shape index (κ2) is 4.52. The lowest BCUT2D eigenvalue weighted by Gasteiger charge is -2.22. The topological polar surface area (TPSA) is 20.3 Å². The molecular formula is C15H21NO. The summed E-state index contributed by atoms with van der Waals surface area (Å²) in [6.45, 7) is 9.11. The molecule has 1 fully saturated rings. The molecule has 1 aromatic carbocycles. The second-order valence-corrected chi connectivity index (χ2v) is 5.25. The van der Waals surface area contributed by atoms with E-state index in [4.69, 9.17) is 0 Å². The molecule has 1 amide bonds. The molecule has 1 saturated carbocycles. The van der Waals surface area contributed by atoms with E-state index in [1.54, 1.807) is 0 Å². The van der Waals surface area contributed by atoms with Crippen molar-refractivity contribution in [1.82, 2.24) is 0 Å². The minimum absolute atomic E-state index is 0.260. The van der Waals surface area contributed by atoms with Gasteiger partial charge < -0.3 is 4.90 Å². The number of nitrogens with zero attached hydrogens (tertiary/aromatic N) is 1. The van der Waals surface area contributed by atoms with Gasteiger partial charge in [-0.2, -0.15) is 0 Å². The van der Waals surface area contributed by atoms with E-state index >= 15 is 0 Å². The Kier molecular flexibility index (Phi) is 3.23. The summed E-state index contributed by atoms with van der Waals surface area (Å²) in [7, 11) is 0. The lowest BCUT2D eigenvalue weighted by Crippen LogP contribution is -2.32. The van der Waals surface area contributed by atoms with Crippen LogP contribution in [0.4, 0.5) is 5.69 Å². The van der Waals surface area contributed by atoms with Crippen LogP contribution in [0.2, 0.25) is 0 Å². The molecule has 0 aromatic heterocycles. The predicted octanol–water partition coefficient (Wildman–Crippen LogP) is 3.31. The minimum Gasteiger partial charge on any atom is -0.312 e. The molecule has 1 aromatic rings. The fourth-order valence-corrected chi connectivity index (χ4v) is 2.44. The number of rotatable bonds is 3. The summed E-state index contributed by atoms with van der Waals surface area (Å²) in [5, 5.41) is 0. The molecular weight excluding hydrogens is 210 g/mol. The third-order valence-corrected chi connectivity index (χ3v) is 3.53. The Hall–Kier alpha value is -1.31. The molecule has 0 N–H and O–H groups in total. The smallest absolute Gasteiger partial charge is 0.230 e. The summed E-state index contributed by atoms with van der Waals surface area (Å²) in [5.41, 5.74) is 3.49. The number of carbonyl (C=O) groups is 1. The molecule has 2 atom stereocenters. The van der Waals surface area contributed by atoms with Crippen LogP contribution in [0.15, 0.2) is 18.2 Å². The maximum absolute atomic E-state index is 12.3. The van der Waals surface area contributed by atoms with Gasteiger partial charge in [0.1, 0.15) is 0 Å². The number of aryl methyl sites for hydroxylation is 2. The van der Waals surface area contributed by atoms with Gasteiger partial charge in [0.25, 0.3) is 0 Å². The molecule has 1 aliphatic carbocycles. The highest BCUT2D eigenvalue weighted by Crippen LogP contribution is 2.40. The van der Waals surface area contributed by atoms with Crippen LogP contribution in [-0.4, -0.2) is 12.5 Å². The van der Waals surface area contributed by atoms with Gasteiger partial charge in [-0.3, -0.25) is 4.79 Å². The van der Waals surface area contributed by atoms with Crippen LogP contribution in [0, 0.1) is 25.7 Å². The maximum Gasteiger partial charge on any atom is 0.230 e. The lowest BCUT2D eigenvalue weighted by molar-refractivity contribution is -0.120. The number of carbonyl (C=O) groups excluding carboxylic acids is 1. The molecule has 2 nitrogen and oxygen atoms in total. The van der Waals surface area contributed by atoms with E-state index in [1.807, 2.05) is 11.8 Å².